The summed E-state index contributed by atoms with van der Waals surface area (Å²) in [7, 11) is 0. The molecule has 3 heteroatoms. The first-order valence-electron chi connectivity index (χ1n) is 2.67. The quantitative estimate of drug-likeness (QED) is 0.597. The third-order valence-electron chi connectivity index (χ3n) is 0.889. The van der Waals surface area contributed by atoms with Crippen LogP contribution in [0.1, 0.15) is 0 Å². The van der Waals surface area contributed by atoms with Crippen LogP contribution in [0.4, 0.5) is 0 Å². The Kier molecular flexibility index (Phi) is 20.1. The number of hydrogen-bond donors (Lipinski definition) is 0. The predicted octanol–water partition coefficient (Wildman–Crippen LogP) is 3.07. The van der Waals surface area contributed by atoms with E-state index < -0.39 is 0 Å². The fourth-order valence-electron chi connectivity index (χ4n) is 0.513. The van der Waals surface area contributed by atoms with E-state index in [1.807, 2.05) is 48.6 Å². The molecule has 0 N–H and O–H groups in total. The Morgan fingerprint density at radius 1 is 0.364 bits per heavy atom. The molecule has 1 aliphatic rings. The molecule has 0 unspecified atom stereocenters. The summed E-state index contributed by atoms with van der Waals surface area (Å²) in [5.41, 5.74) is 0. The maximum absolute atomic E-state index is 2.00. The minimum atomic E-state index is 0. The second-order valence-corrected chi connectivity index (χ2v) is 1.54. The molecule has 0 fully saturated rings. The van der Waals surface area contributed by atoms with Crippen molar-refractivity contribution in [3.8, 4) is 0 Å². The smallest absolute Gasteiger partial charge is 0 e. The maximum Gasteiger partial charge on any atom is 0 e. The fourth-order valence-corrected chi connectivity index (χ4v) is 0.513. The topological polar surface area (TPSA) is 0 Å². The molecule has 0 bridgehead atoms. The van der Waals surface area contributed by atoms with Crippen LogP contribution in [0.15, 0.2) is 48.6 Å². The molecule has 0 saturated heterocycles. The summed E-state index contributed by atoms with van der Waals surface area (Å²) in [5, 5.41) is 0. The van der Waals surface area contributed by atoms with Gasteiger partial charge in [0.25, 0.3) is 0 Å². The van der Waals surface area contributed by atoms with Crippen molar-refractivity contribution in [2.24, 2.45) is 0 Å². The first-order valence-corrected chi connectivity index (χ1v) is 2.67. The van der Waals surface area contributed by atoms with Crippen molar-refractivity contribution >= 4 is 24.8 Å². The standard InChI is InChI=1S/C8H8.2ClH.Ru/c1-2-4-6-8-7-5-3-1;;;/h1-8H;2*1H;/b2-1-,3-1?,4-2?,5-3-,6-4-,7-5?,8-6?,8-7-;;;. The molecule has 1 aliphatic carbocycles. The van der Waals surface area contributed by atoms with Crippen LogP contribution in [-0.2, 0) is 19.5 Å². The first kappa shape index (κ1) is 17.3. The van der Waals surface area contributed by atoms with Gasteiger partial charge in [-0.2, -0.15) is 0 Å². The van der Waals surface area contributed by atoms with E-state index in [4.69, 9.17) is 0 Å². The number of allylic oxidation sites excluding steroid dienone is 8. The summed E-state index contributed by atoms with van der Waals surface area (Å²) in [6.07, 6.45) is 16.0. The van der Waals surface area contributed by atoms with Gasteiger partial charge in [-0.1, -0.05) is 48.6 Å². The molecule has 0 amide bonds. The van der Waals surface area contributed by atoms with E-state index in [2.05, 4.69) is 0 Å². The number of halogens is 2. The van der Waals surface area contributed by atoms with Crippen molar-refractivity contribution in [2.75, 3.05) is 0 Å². The fraction of sp³-hybridized carbons (Fsp3) is 0. The van der Waals surface area contributed by atoms with E-state index in [-0.39, 0.29) is 44.3 Å². The first-order chi connectivity index (χ1) is 4.00. The van der Waals surface area contributed by atoms with E-state index in [9.17, 15) is 0 Å². The van der Waals surface area contributed by atoms with Gasteiger partial charge in [0.1, 0.15) is 0 Å². The van der Waals surface area contributed by atoms with Crippen LogP contribution in [-0.4, -0.2) is 0 Å². The van der Waals surface area contributed by atoms with Crippen LogP contribution in [0.3, 0.4) is 0 Å². The average molecular weight is 278 g/mol. The van der Waals surface area contributed by atoms with Crippen molar-refractivity contribution < 1.29 is 19.5 Å². The number of rotatable bonds is 0. The second kappa shape index (κ2) is 12.8. The molecule has 0 radical (unpaired) electrons. The second-order valence-electron chi connectivity index (χ2n) is 1.54. The minimum Gasteiger partial charge on any atom is -0.147 e. The number of hydrogen-bond acceptors (Lipinski definition) is 0. The zero-order valence-electron chi connectivity index (χ0n) is 5.79. The van der Waals surface area contributed by atoms with Crippen LogP contribution in [0.5, 0.6) is 0 Å². The molecule has 0 atom stereocenters. The molecule has 0 saturated carbocycles. The van der Waals surface area contributed by atoms with E-state index in [0.29, 0.717) is 0 Å². The molecule has 0 heterocycles. The molecule has 0 spiro atoms. The molecule has 11 heavy (non-hydrogen) atoms. The summed E-state index contributed by atoms with van der Waals surface area (Å²) in [6.45, 7) is 0. The van der Waals surface area contributed by atoms with Gasteiger partial charge in [-0.15, -0.1) is 24.8 Å². The molecule has 0 aliphatic heterocycles. The third-order valence-corrected chi connectivity index (χ3v) is 0.889. The molecular weight excluding hydrogens is 268 g/mol. The summed E-state index contributed by atoms with van der Waals surface area (Å²) < 4.78 is 0. The zero-order chi connectivity index (χ0) is 5.66. The van der Waals surface area contributed by atoms with Gasteiger partial charge in [-0.05, 0) is 0 Å². The van der Waals surface area contributed by atoms with Gasteiger partial charge in [0.05, 0.1) is 0 Å². The van der Waals surface area contributed by atoms with E-state index in [0.717, 1.165) is 0 Å². The normalized spacial score (nSPS) is 23.3. The molecular formula is C8H10Cl2Ru. The Morgan fingerprint density at radius 2 is 0.455 bits per heavy atom. The van der Waals surface area contributed by atoms with Gasteiger partial charge in [0, 0.05) is 19.5 Å². The van der Waals surface area contributed by atoms with Crippen LogP contribution in [0.25, 0.3) is 0 Å². The molecule has 0 nitrogen and oxygen atoms in total. The summed E-state index contributed by atoms with van der Waals surface area (Å²) in [5.74, 6) is 0. The minimum absolute atomic E-state index is 0. The third kappa shape index (κ3) is 10.2. The van der Waals surface area contributed by atoms with Crippen molar-refractivity contribution in [3.05, 3.63) is 48.6 Å². The maximum atomic E-state index is 2.00. The summed E-state index contributed by atoms with van der Waals surface area (Å²) in [6, 6.07) is 0. The summed E-state index contributed by atoms with van der Waals surface area (Å²) in [4.78, 5) is 0. The van der Waals surface area contributed by atoms with Crippen molar-refractivity contribution in [2.45, 2.75) is 0 Å². The van der Waals surface area contributed by atoms with Gasteiger partial charge in [0.15, 0.2) is 0 Å². The van der Waals surface area contributed by atoms with Crippen molar-refractivity contribution in [1.82, 2.24) is 0 Å². The predicted molar refractivity (Wildman–Crippen MR) is 51.1 cm³/mol. The Hall–Kier alpha value is 0.163. The Morgan fingerprint density at radius 3 is 0.545 bits per heavy atom. The molecule has 64 valence electrons. The van der Waals surface area contributed by atoms with E-state index >= 15 is 0 Å². The largest absolute Gasteiger partial charge is 0.147 e. The molecule has 1 rings (SSSR count). The van der Waals surface area contributed by atoms with Crippen LogP contribution >= 0.6 is 24.8 Å². The van der Waals surface area contributed by atoms with Gasteiger partial charge in [-0.3, -0.25) is 0 Å². The van der Waals surface area contributed by atoms with Crippen LogP contribution in [0.2, 0.25) is 0 Å². The van der Waals surface area contributed by atoms with Crippen LogP contribution in [0, 0.1) is 0 Å². The Balaban J connectivity index is -0.000000213. The van der Waals surface area contributed by atoms with E-state index in [1.165, 1.54) is 0 Å². The zero-order valence-corrected chi connectivity index (χ0v) is 9.16. The molecule has 0 aromatic rings. The molecule has 0 aromatic heterocycles. The van der Waals surface area contributed by atoms with Crippen molar-refractivity contribution in [1.29, 1.82) is 0 Å². The summed E-state index contributed by atoms with van der Waals surface area (Å²) >= 11 is 0. The monoisotopic (exact) mass is 278 g/mol. The van der Waals surface area contributed by atoms with Gasteiger partial charge < -0.3 is 0 Å². The van der Waals surface area contributed by atoms with Crippen LogP contribution < -0.4 is 0 Å². The Labute approximate surface area is 92.7 Å². The Bertz CT molecular complexity index is 113. The SMILES string of the molecule is C1=C\C=C/C=C\C=C/1.Cl.Cl.[Ru]. The van der Waals surface area contributed by atoms with E-state index in [1.54, 1.807) is 0 Å². The van der Waals surface area contributed by atoms with Gasteiger partial charge >= 0.3 is 0 Å². The molecule has 0 aromatic carbocycles. The van der Waals surface area contributed by atoms with Crippen molar-refractivity contribution in [3.63, 3.8) is 0 Å². The van der Waals surface area contributed by atoms with Gasteiger partial charge in [-0.25, -0.2) is 0 Å². The van der Waals surface area contributed by atoms with Gasteiger partial charge in [0.2, 0.25) is 0 Å². The average Bonchev–Trinajstić information content (AvgIpc) is 1.62.